The summed E-state index contributed by atoms with van der Waals surface area (Å²) in [4.78, 5) is 29.9. The van der Waals surface area contributed by atoms with Gasteiger partial charge in [0, 0.05) is 18.2 Å². The van der Waals surface area contributed by atoms with Crippen LogP contribution < -0.4 is 11.2 Å². The van der Waals surface area contributed by atoms with Crippen molar-refractivity contribution >= 4 is 5.71 Å². The fourth-order valence-electron chi connectivity index (χ4n) is 1.95. The molecule has 2 rings (SSSR count). The summed E-state index contributed by atoms with van der Waals surface area (Å²) in [5.41, 5.74) is -0.0636. The van der Waals surface area contributed by atoms with Crippen LogP contribution in [0.2, 0.25) is 0 Å². The van der Waals surface area contributed by atoms with E-state index in [0.29, 0.717) is 17.7 Å². The molecule has 1 saturated heterocycles. The molecule has 2 heterocycles. The van der Waals surface area contributed by atoms with Crippen molar-refractivity contribution in [2.45, 2.75) is 25.7 Å². The molecule has 0 aromatic carbocycles. The maximum Gasteiger partial charge on any atom is 0.330 e. The van der Waals surface area contributed by atoms with Crippen LogP contribution >= 0.6 is 0 Å². The van der Waals surface area contributed by atoms with Crippen molar-refractivity contribution in [2.75, 3.05) is 13.7 Å². The van der Waals surface area contributed by atoms with E-state index in [9.17, 15) is 14.7 Å². The number of aryl methyl sites for hydroxylation is 1. The predicted octanol–water partition coefficient (Wildman–Crippen LogP) is -0.873. The SMILES string of the molecule is CO/N=C1/CC(n2cc(C)c(=O)[nH]c2=O)OC1CO. The van der Waals surface area contributed by atoms with Crippen LogP contribution in [0.4, 0.5) is 0 Å². The van der Waals surface area contributed by atoms with E-state index in [-0.39, 0.29) is 6.61 Å². The number of hydrogen-bond donors (Lipinski definition) is 2. The van der Waals surface area contributed by atoms with Crippen molar-refractivity contribution in [1.29, 1.82) is 0 Å². The van der Waals surface area contributed by atoms with Gasteiger partial charge in [-0.25, -0.2) is 4.79 Å². The Bertz CT molecular complexity index is 603. The van der Waals surface area contributed by atoms with Gasteiger partial charge in [-0.2, -0.15) is 0 Å². The molecule has 1 fully saturated rings. The number of aromatic nitrogens is 2. The number of aliphatic hydroxyl groups is 1. The van der Waals surface area contributed by atoms with E-state index >= 15 is 0 Å². The Morgan fingerprint density at radius 1 is 1.63 bits per heavy atom. The number of aromatic amines is 1. The summed E-state index contributed by atoms with van der Waals surface area (Å²) in [7, 11) is 1.39. The molecular formula is C11H15N3O5. The van der Waals surface area contributed by atoms with Gasteiger partial charge in [-0.1, -0.05) is 5.16 Å². The molecule has 0 radical (unpaired) electrons. The van der Waals surface area contributed by atoms with Crippen molar-refractivity contribution in [3.8, 4) is 0 Å². The summed E-state index contributed by atoms with van der Waals surface area (Å²) >= 11 is 0. The third-order valence-corrected chi connectivity index (χ3v) is 2.91. The fraction of sp³-hybridized carbons (Fsp3) is 0.545. The van der Waals surface area contributed by atoms with Crippen LogP contribution in [0.15, 0.2) is 20.9 Å². The minimum Gasteiger partial charge on any atom is -0.399 e. The van der Waals surface area contributed by atoms with Gasteiger partial charge in [-0.3, -0.25) is 14.3 Å². The van der Waals surface area contributed by atoms with Crippen LogP contribution in [0.3, 0.4) is 0 Å². The van der Waals surface area contributed by atoms with Crippen LogP contribution in [-0.2, 0) is 9.57 Å². The van der Waals surface area contributed by atoms with E-state index < -0.39 is 23.6 Å². The first-order valence-electron chi connectivity index (χ1n) is 5.75. The Kier molecular flexibility index (Phi) is 3.82. The standard InChI is InChI=1S/C11H15N3O5/c1-6-4-14(11(17)12-10(6)16)9-3-7(13-18-2)8(5-15)19-9/h4,8-9,15H,3,5H2,1-2H3,(H,12,16,17)/b13-7-. The Hall–Kier alpha value is -1.93. The minimum atomic E-state index is -0.617. The number of rotatable bonds is 3. The van der Waals surface area contributed by atoms with Crippen LogP contribution in [0.1, 0.15) is 18.2 Å². The molecule has 0 saturated carbocycles. The first-order valence-corrected chi connectivity index (χ1v) is 5.75. The molecule has 0 amide bonds. The third-order valence-electron chi connectivity index (χ3n) is 2.91. The first kappa shape index (κ1) is 13.5. The zero-order valence-electron chi connectivity index (χ0n) is 10.6. The Morgan fingerprint density at radius 2 is 2.37 bits per heavy atom. The maximum atomic E-state index is 11.7. The number of aliphatic hydroxyl groups excluding tert-OH is 1. The van der Waals surface area contributed by atoms with Gasteiger partial charge < -0.3 is 14.7 Å². The molecule has 2 N–H and O–H groups in total. The van der Waals surface area contributed by atoms with E-state index in [0.717, 1.165) is 0 Å². The highest BCUT2D eigenvalue weighted by molar-refractivity contribution is 5.90. The highest BCUT2D eigenvalue weighted by atomic mass is 16.6. The summed E-state index contributed by atoms with van der Waals surface area (Å²) in [6.45, 7) is 1.34. The molecular weight excluding hydrogens is 254 g/mol. The lowest BCUT2D eigenvalue weighted by Gasteiger charge is -2.14. The van der Waals surface area contributed by atoms with Gasteiger partial charge in [0.05, 0.1) is 12.3 Å². The van der Waals surface area contributed by atoms with Crippen LogP contribution in [0.5, 0.6) is 0 Å². The summed E-state index contributed by atoms with van der Waals surface area (Å²) in [6.07, 6.45) is 0.513. The number of hydrogen-bond acceptors (Lipinski definition) is 6. The highest BCUT2D eigenvalue weighted by Gasteiger charge is 2.33. The van der Waals surface area contributed by atoms with Crippen LogP contribution in [0, 0.1) is 6.92 Å². The van der Waals surface area contributed by atoms with Crippen molar-refractivity contribution in [1.82, 2.24) is 9.55 Å². The van der Waals surface area contributed by atoms with Gasteiger partial charge >= 0.3 is 5.69 Å². The molecule has 0 bridgehead atoms. The largest absolute Gasteiger partial charge is 0.399 e. The second-order valence-electron chi connectivity index (χ2n) is 4.21. The number of nitrogens with one attached hydrogen (secondary N) is 1. The Morgan fingerprint density at radius 3 is 3.00 bits per heavy atom. The van der Waals surface area contributed by atoms with E-state index in [1.165, 1.54) is 17.9 Å². The van der Waals surface area contributed by atoms with Crippen LogP contribution in [0.25, 0.3) is 0 Å². The van der Waals surface area contributed by atoms with Crippen molar-refractivity contribution in [3.05, 3.63) is 32.6 Å². The zero-order valence-corrected chi connectivity index (χ0v) is 10.6. The van der Waals surface area contributed by atoms with Crippen molar-refractivity contribution in [3.63, 3.8) is 0 Å². The van der Waals surface area contributed by atoms with Gasteiger partial charge in [0.15, 0.2) is 0 Å². The monoisotopic (exact) mass is 269 g/mol. The van der Waals surface area contributed by atoms with Gasteiger partial charge in [-0.15, -0.1) is 0 Å². The van der Waals surface area contributed by atoms with Gasteiger partial charge in [0.2, 0.25) is 0 Å². The second kappa shape index (κ2) is 5.37. The maximum absolute atomic E-state index is 11.7. The van der Waals surface area contributed by atoms with E-state index in [1.54, 1.807) is 6.92 Å². The lowest BCUT2D eigenvalue weighted by atomic mass is 10.2. The lowest BCUT2D eigenvalue weighted by molar-refractivity contribution is -0.0154. The van der Waals surface area contributed by atoms with E-state index in [2.05, 4.69) is 15.0 Å². The smallest absolute Gasteiger partial charge is 0.330 e. The number of H-pyrrole nitrogens is 1. The topological polar surface area (TPSA) is 106 Å². The average molecular weight is 269 g/mol. The fourth-order valence-corrected chi connectivity index (χ4v) is 1.95. The zero-order chi connectivity index (χ0) is 14.0. The lowest BCUT2D eigenvalue weighted by Crippen LogP contribution is -2.33. The predicted molar refractivity (Wildman–Crippen MR) is 66.1 cm³/mol. The average Bonchev–Trinajstić information content (AvgIpc) is 2.77. The summed E-state index contributed by atoms with van der Waals surface area (Å²) in [6, 6.07) is 0. The summed E-state index contributed by atoms with van der Waals surface area (Å²) in [5, 5.41) is 13.0. The van der Waals surface area contributed by atoms with E-state index in [4.69, 9.17) is 4.74 Å². The molecule has 1 aromatic rings. The molecule has 8 nitrogen and oxygen atoms in total. The molecule has 104 valence electrons. The van der Waals surface area contributed by atoms with E-state index in [1.807, 2.05) is 0 Å². The molecule has 2 atom stereocenters. The molecule has 1 aliphatic rings. The molecule has 0 aliphatic carbocycles. The van der Waals surface area contributed by atoms with Gasteiger partial charge in [0.1, 0.15) is 19.4 Å². The molecule has 2 unspecified atom stereocenters. The molecule has 0 spiro atoms. The normalized spacial score (nSPS) is 24.9. The Labute approximate surface area is 108 Å². The number of ether oxygens (including phenoxy) is 1. The number of nitrogens with zero attached hydrogens (tertiary/aromatic N) is 2. The molecule has 1 aromatic heterocycles. The van der Waals surface area contributed by atoms with Gasteiger partial charge in [0.25, 0.3) is 5.56 Å². The van der Waals surface area contributed by atoms with Crippen molar-refractivity contribution in [2.24, 2.45) is 5.16 Å². The second-order valence-corrected chi connectivity index (χ2v) is 4.21. The molecule has 19 heavy (non-hydrogen) atoms. The Balaban J connectivity index is 2.35. The quantitative estimate of drug-likeness (QED) is 0.694. The highest BCUT2D eigenvalue weighted by Crippen LogP contribution is 2.25. The first-order chi connectivity index (χ1) is 9.06. The minimum absolute atomic E-state index is 0.254. The van der Waals surface area contributed by atoms with Gasteiger partial charge in [-0.05, 0) is 6.92 Å². The van der Waals surface area contributed by atoms with Crippen molar-refractivity contribution < 1.29 is 14.7 Å². The summed E-state index contributed by atoms with van der Waals surface area (Å²) < 4.78 is 6.79. The molecule has 8 heteroatoms. The number of oxime groups is 1. The summed E-state index contributed by atoms with van der Waals surface area (Å²) in [5.74, 6) is 0. The van der Waals surface area contributed by atoms with Crippen LogP contribution in [-0.4, -0.2) is 40.2 Å². The third kappa shape index (κ3) is 2.59. The molecule has 1 aliphatic heterocycles.